The normalized spacial score (nSPS) is 11.1. The second kappa shape index (κ2) is 9.51. The maximum atomic E-state index is 13.3. The number of thiazole rings is 1. The van der Waals surface area contributed by atoms with Crippen molar-refractivity contribution in [3.05, 3.63) is 95.3 Å². The largest absolute Gasteiger partial charge is 0.335 e. The van der Waals surface area contributed by atoms with Crippen LogP contribution in [0.5, 0.6) is 0 Å². The Kier molecular flexibility index (Phi) is 6.14. The van der Waals surface area contributed by atoms with Crippen LogP contribution in [0.1, 0.15) is 21.2 Å². The second-order valence-electron chi connectivity index (χ2n) is 7.36. The van der Waals surface area contributed by atoms with Crippen molar-refractivity contribution >= 4 is 39.2 Å². The Labute approximate surface area is 199 Å². The molecule has 0 saturated heterocycles. The van der Waals surface area contributed by atoms with Crippen LogP contribution in [0, 0.1) is 0 Å². The van der Waals surface area contributed by atoms with E-state index in [0.717, 1.165) is 31.6 Å². The van der Waals surface area contributed by atoms with Gasteiger partial charge < -0.3 is 4.90 Å². The number of rotatable bonds is 7. The number of fused-ring (bicyclic) bond motifs is 1. The molecule has 7 nitrogen and oxygen atoms in total. The Bertz CT molecular complexity index is 1370. The standard InChI is InChI=1S/C24H20N6OS2/c1-29(15-23-25-19-12-6-8-14-21(19)33-23)24(31)18-11-5-7-13-20(18)32-16-22-26-27-28-30(22)17-9-3-2-4-10-17/h2-14H,15-16H2,1H3. The van der Waals surface area contributed by atoms with Crippen LogP contribution < -0.4 is 0 Å². The molecule has 0 bridgehead atoms. The number of benzene rings is 3. The Morgan fingerprint density at radius 3 is 2.61 bits per heavy atom. The van der Waals surface area contributed by atoms with E-state index in [0.29, 0.717) is 17.9 Å². The summed E-state index contributed by atoms with van der Waals surface area (Å²) in [5.41, 5.74) is 2.52. The van der Waals surface area contributed by atoms with Crippen LogP contribution in [0.4, 0.5) is 0 Å². The number of amides is 1. The molecular formula is C24H20N6OS2. The zero-order valence-corrected chi connectivity index (χ0v) is 19.5. The molecule has 0 saturated carbocycles. The molecule has 5 rings (SSSR count). The fourth-order valence-electron chi connectivity index (χ4n) is 3.44. The zero-order valence-electron chi connectivity index (χ0n) is 17.8. The van der Waals surface area contributed by atoms with Crippen molar-refractivity contribution in [1.29, 1.82) is 0 Å². The predicted molar refractivity (Wildman–Crippen MR) is 131 cm³/mol. The third kappa shape index (κ3) is 4.64. The lowest BCUT2D eigenvalue weighted by molar-refractivity contribution is 0.0781. The van der Waals surface area contributed by atoms with E-state index in [9.17, 15) is 4.79 Å². The van der Waals surface area contributed by atoms with Gasteiger partial charge in [-0.2, -0.15) is 4.68 Å². The van der Waals surface area contributed by atoms with Crippen molar-refractivity contribution in [2.24, 2.45) is 0 Å². The number of carbonyl (C=O) groups excluding carboxylic acids is 1. The van der Waals surface area contributed by atoms with Gasteiger partial charge in [-0.3, -0.25) is 4.79 Å². The summed E-state index contributed by atoms with van der Waals surface area (Å²) in [5.74, 6) is 1.21. The fraction of sp³-hybridized carbons (Fsp3) is 0.125. The first-order chi connectivity index (χ1) is 16.2. The van der Waals surface area contributed by atoms with Crippen LogP contribution in [0.3, 0.4) is 0 Å². The van der Waals surface area contributed by atoms with Crippen LogP contribution in [-0.2, 0) is 12.3 Å². The third-order valence-corrected chi connectivity index (χ3v) is 7.16. The molecule has 0 aliphatic heterocycles. The van der Waals surface area contributed by atoms with Gasteiger partial charge in [-0.25, -0.2) is 4.98 Å². The van der Waals surface area contributed by atoms with Crippen molar-refractivity contribution in [2.45, 2.75) is 17.2 Å². The molecule has 0 unspecified atom stereocenters. The van der Waals surface area contributed by atoms with Gasteiger partial charge in [0.05, 0.1) is 33.8 Å². The van der Waals surface area contributed by atoms with Gasteiger partial charge in [-0.15, -0.1) is 28.2 Å². The molecule has 5 aromatic rings. The fourth-order valence-corrected chi connectivity index (χ4v) is 5.42. The third-order valence-electron chi connectivity index (χ3n) is 5.07. The molecule has 33 heavy (non-hydrogen) atoms. The number of hydrogen-bond donors (Lipinski definition) is 0. The Morgan fingerprint density at radius 1 is 1.00 bits per heavy atom. The van der Waals surface area contributed by atoms with E-state index in [1.165, 1.54) is 0 Å². The van der Waals surface area contributed by atoms with Gasteiger partial charge in [0.2, 0.25) is 0 Å². The summed E-state index contributed by atoms with van der Waals surface area (Å²) >= 11 is 3.16. The first kappa shape index (κ1) is 21.3. The molecule has 9 heteroatoms. The smallest absolute Gasteiger partial charge is 0.255 e. The minimum atomic E-state index is -0.0417. The predicted octanol–water partition coefficient (Wildman–Crippen LogP) is 4.84. The molecule has 0 radical (unpaired) electrons. The number of nitrogens with zero attached hydrogens (tertiary/aromatic N) is 6. The molecule has 0 N–H and O–H groups in total. The van der Waals surface area contributed by atoms with E-state index >= 15 is 0 Å². The monoisotopic (exact) mass is 472 g/mol. The average Bonchev–Trinajstić information content (AvgIpc) is 3.49. The summed E-state index contributed by atoms with van der Waals surface area (Å²) < 4.78 is 2.84. The van der Waals surface area contributed by atoms with Crippen LogP contribution >= 0.6 is 23.1 Å². The van der Waals surface area contributed by atoms with Gasteiger partial charge >= 0.3 is 0 Å². The summed E-state index contributed by atoms with van der Waals surface area (Å²) in [5, 5.41) is 13.0. The maximum Gasteiger partial charge on any atom is 0.255 e. The molecule has 0 fully saturated rings. The first-order valence-electron chi connectivity index (χ1n) is 10.3. The first-order valence-corrected chi connectivity index (χ1v) is 12.1. The highest BCUT2D eigenvalue weighted by Gasteiger charge is 2.18. The van der Waals surface area contributed by atoms with Crippen LogP contribution in [0.2, 0.25) is 0 Å². The Morgan fingerprint density at radius 2 is 1.76 bits per heavy atom. The molecule has 2 heterocycles. The second-order valence-corrected chi connectivity index (χ2v) is 9.50. The van der Waals surface area contributed by atoms with Crippen LogP contribution in [0.15, 0.2) is 83.8 Å². The van der Waals surface area contributed by atoms with E-state index in [4.69, 9.17) is 0 Å². The van der Waals surface area contributed by atoms with Crippen molar-refractivity contribution in [3.63, 3.8) is 0 Å². The SMILES string of the molecule is CN(Cc1nc2ccccc2s1)C(=O)c1ccccc1SCc1nnnn1-c1ccccc1. The molecule has 0 spiro atoms. The quantitative estimate of drug-likeness (QED) is 0.316. The molecule has 2 aromatic heterocycles. The summed E-state index contributed by atoms with van der Waals surface area (Å²) in [6.07, 6.45) is 0. The van der Waals surface area contributed by atoms with Gasteiger partial charge in [0, 0.05) is 11.9 Å². The Hall–Kier alpha value is -3.56. The molecular weight excluding hydrogens is 452 g/mol. The molecule has 0 aliphatic rings. The summed E-state index contributed by atoms with van der Waals surface area (Å²) in [6.45, 7) is 0.462. The number of para-hydroxylation sites is 2. The molecule has 164 valence electrons. The zero-order chi connectivity index (χ0) is 22.6. The maximum absolute atomic E-state index is 13.3. The molecule has 0 atom stereocenters. The highest BCUT2D eigenvalue weighted by molar-refractivity contribution is 7.98. The number of thioether (sulfide) groups is 1. The van der Waals surface area contributed by atoms with E-state index in [2.05, 4.69) is 20.5 Å². The van der Waals surface area contributed by atoms with E-state index in [1.807, 2.05) is 85.9 Å². The van der Waals surface area contributed by atoms with Crippen LogP contribution in [0.25, 0.3) is 15.9 Å². The van der Waals surface area contributed by atoms with Gasteiger partial charge in [-0.05, 0) is 46.8 Å². The Balaban J connectivity index is 1.31. The van der Waals surface area contributed by atoms with Gasteiger partial charge in [0.25, 0.3) is 5.91 Å². The number of aromatic nitrogens is 5. The van der Waals surface area contributed by atoms with Gasteiger partial charge in [0.1, 0.15) is 5.01 Å². The summed E-state index contributed by atoms with van der Waals surface area (Å²) in [7, 11) is 1.81. The number of tetrazole rings is 1. The van der Waals surface area contributed by atoms with Crippen molar-refractivity contribution in [2.75, 3.05) is 7.05 Å². The number of hydrogen-bond acceptors (Lipinski definition) is 7. The molecule has 3 aromatic carbocycles. The topological polar surface area (TPSA) is 76.8 Å². The average molecular weight is 473 g/mol. The van der Waals surface area contributed by atoms with Crippen molar-refractivity contribution in [1.82, 2.24) is 30.1 Å². The highest BCUT2D eigenvalue weighted by atomic mass is 32.2. The summed E-state index contributed by atoms with van der Waals surface area (Å²) in [6, 6.07) is 25.4. The van der Waals surface area contributed by atoms with Gasteiger partial charge in [-0.1, -0.05) is 42.5 Å². The highest BCUT2D eigenvalue weighted by Crippen LogP contribution is 2.28. The summed E-state index contributed by atoms with van der Waals surface area (Å²) in [4.78, 5) is 20.5. The van der Waals surface area contributed by atoms with E-state index in [1.54, 1.807) is 32.7 Å². The molecule has 1 amide bonds. The minimum Gasteiger partial charge on any atom is -0.335 e. The van der Waals surface area contributed by atoms with E-state index < -0.39 is 0 Å². The van der Waals surface area contributed by atoms with E-state index in [-0.39, 0.29) is 5.91 Å². The lowest BCUT2D eigenvalue weighted by Gasteiger charge is -2.17. The lowest BCUT2D eigenvalue weighted by atomic mass is 10.2. The van der Waals surface area contributed by atoms with Crippen LogP contribution in [-0.4, -0.2) is 43.0 Å². The minimum absolute atomic E-state index is 0.0417. The van der Waals surface area contributed by atoms with Crippen molar-refractivity contribution < 1.29 is 4.79 Å². The molecule has 0 aliphatic carbocycles. The lowest BCUT2D eigenvalue weighted by Crippen LogP contribution is -2.26. The van der Waals surface area contributed by atoms with Gasteiger partial charge in [0.15, 0.2) is 5.82 Å². The number of carbonyl (C=O) groups is 1. The van der Waals surface area contributed by atoms with Crippen molar-refractivity contribution in [3.8, 4) is 5.69 Å².